The van der Waals surface area contributed by atoms with Crippen LogP contribution in [-0.2, 0) is 15.8 Å². The van der Waals surface area contributed by atoms with Crippen molar-refractivity contribution in [1.29, 1.82) is 0 Å². The molecule has 5 nitrogen and oxygen atoms in total. The first-order chi connectivity index (χ1) is 13.8. The smallest absolute Gasteiger partial charge is 0.236 e. The Morgan fingerprint density at radius 3 is 2.55 bits per heavy atom. The van der Waals surface area contributed by atoms with Crippen molar-refractivity contribution < 1.29 is 12.8 Å². The normalized spacial score (nSPS) is 11.7. The molecule has 2 aromatic carbocycles. The molecule has 0 bridgehead atoms. The molecule has 4 rings (SSSR count). The lowest BCUT2D eigenvalue weighted by molar-refractivity contribution is 0.600. The number of hydrogen-bond acceptors (Lipinski definition) is 3. The van der Waals surface area contributed by atoms with Crippen LogP contribution in [0.4, 0.5) is 10.1 Å². The van der Waals surface area contributed by atoms with E-state index in [4.69, 9.17) is 0 Å². The Hall–Kier alpha value is -3.19. The topological polar surface area (TPSA) is 63.5 Å². The summed E-state index contributed by atoms with van der Waals surface area (Å²) in [5.74, 6) is -0.629. The van der Waals surface area contributed by atoms with Crippen LogP contribution in [0, 0.1) is 19.7 Å². The predicted octanol–water partition coefficient (Wildman–Crippen LogP) is 4.70. The van der Waals surface area contributed by atoms with Crippen LogP contribution in [0.1, 0.15) is 16.7 Å². The lowest BCUT2D eigenvalue weighted by Crippen LogP contribution is -2.15. The number of fused-ring (bicyclic) bond motifs is 1. The second kappa shape index (κ2) is 7.33. The molecule has 2 aromatic heterocycles. The van der Waals surface area contributed by atoms with E-state index in [9.17, 15) is 12.8 Å². The highest BCUT2D eigenvalue weighted by molar-refractivity contribution is 7.91. The van der Waals surface area contributed by atoms with Crippen molar-refractivity contribution in [3.63, 3.8) is 0 Å². The zero-order valence-electron chi connectivity index (χ0n) is 16.1. The lowest BCUT2D eigenvalue weighted by atomic mass is 10.1. The molecule has 0 atom stereocenters. The Balaban J connectivity index is 1.63. The second-order valence-corrected chi connectivity index (χ2v) is 8.84. The van der Waals surface area contributed by atoms with Gasteiger partial charge in [0.15, 0.2) is 0 Å². The van der Waals surface area contributed by atoms with Gasteiger partial charge in [-0.25, -0.2) is 17.8 Å². The van der Waals surface area contributed by atoms with Crippen LogP contribution in [-0.4, -0.2) is 17.8 Å². The van der Waals surface area contributed by atoms with E-state index in [1.54, 1.807) is 6.07 Å². The summed E-state index contributed by atoms with van der Waals surface area (Å²) in [5, 5.41) is 0. The molecule has 1 N–H and O–H groups in total. The number of rotatable bonds is 5. The molecule has 4 aromatic rings. The van der Waals surface area contributed by atoms with Crippen molar-refractivity contribution in [2.75, 3.05) is 4.72 Å². The van der Waals surface area contributed by atoms with Crippen LogP contribution in [0.25, 0.3) is 16.9 Å². The number of hydrogen-bond donors (Lipinski definition) is 1. The van der Waals surface area contributed by atoms with Gasteiger partial charge in [0.1, 0.15) is 11.5 Å². The zero-order valence-corrected chi connectivity index (χ0v) is 16.9. The van der Waals surface area contributed by atoms with Gasteiger partial charge in [0, 0.05) is 18.0 Å². The largest absolute Gasteiger partial charge is 0.306 e. The summed E-state index contributed by atoms with van der Waals surface area (Å²) < 4.78 is 42.8. The summed E-state index contributed by atoms with van der Waals surface area (Å²) >= 11 is 0. The molecule has 0 saturated carbocycles. The van der Waals surface area contributed by atoms with Crippen molar-refractivity contribution in [3.05, 3.63) is 89.5 Å². The third-order valence-corrected chi connectivity index (χ3v) is 5.93. The summed E-state index contributed by atoms with van der Waals surface area (Å²) in [6.45, 7) is 3.85. The van der Waals surface area contributed by atoms with Gasteiger partial charge in [-0.05, 0) is 60.9 Å². The summed E-state index contributed by atoms with van der Waals surface area (Å²) in [7, 11) is -3.65. The first-order valence-electron chi connectivity index (χ1n) is 9.10. The highest BCUT2D eigenvalue weighted by Crippen LogP contribution is 2.26. The minimum atomic E-state index is -3.65. The van der Waals surface area contributed by atoms with Crippen LogP contribution in [0.3, 0.4) is 0 Å². The number of halogens is 1. The van der Waals surface area contributed by atoms with E-state index < -0.39 is 15.8 Å². The van der Waals surface area contributed by atoms with Gasteiger partial charge >= 0.3 is 0 Å². The number of imidazole rings is 1. The molecule has 0 amide bonds. The summed E-state index contributed by atoms with van der Waals surface area (Å²) in [4.78, 5) is 4.64. The number of sulfonamides is 1. The van der Waals surface area contributed by atoms with Gasteiger partial charge in [0.05, 0.1) is 17.1 Å². The van der Waals surface area contributed by atoms with E-state index in [-0.39, 0.29) is 5.75 Å². The molecule has 0 aliphatic rings. The van der Waals surface area contributed by atoms with Gasteiger partial charge in [-0.2, -0.15) is 0 Å². The Morgan fingerprint density at radius 1 is 1.03 bits per heavy atom. The molecule has 148 valence electrons. The van der Waals surface area contributed by atoms with Crippen LogP contribution in [0.2, 0.25) is 0 Å². The fourth-order valence-corrected chi connectivity index (χ4v) is 4.38. The number of aryl methyl sites for hydroxylation is 2. The number of pyridine rings is 1. The van der Waals surface area contributed by atoms with Crippen LogP contribution >= 0.6 is 0 Å². The Labute approximate surface area is 168 Å². The van der Waals surface area contributed by atoms with E-state index in [0.717, 1.165) is 28.0 Å². The summed E-state index contributed by atoms with van der Waals surface area (Å²) in [5.41, 5.74) is 5.34. The predicted molar refractivity (Wildman–Crippen MR) is 113 cm³/mol. The molecular formula is C22H20FN3O2S. The molecule has 7 heteroatoms. The van der Waals surface area contributed by atoms with E-state index in [2.05, 4.69) is 9.71 Å². The number of benzene rings is 2. The summed E-state index contributed by atoms with van der Waals surface area (Å²) in [6, 6.07) is 15.0. The van der Waals surface area contributed by atoms with Gasteiger partial charge in [-0.15, -0.1) is 0 Å². The number of nitrogens with zero attached hydrogens (tertiary/aromatic N) is 2. The molecule has 0 unspecified atom stereocenters. The average Bonchev–Trinajstić information content (AvgIpc) is 3.08. The molecule has 0 fully saturated rings. The van der Waals surface area contributed by atoms with Crippen LogP contribution in [0.15, 0.2) is 67.0 Å². The zero-order chi connectivity index (χ0) is 20.6. The van der Waals surface area contributed by atoms with Crippen molar-refractivity contribution in [2.24, 2.45) is 0 Å². The van der Waals surface area contributed by atoms with Gasteiger partial charge in [-0.1, -0.05) is 24.3 Å². The van der Waals surface area contributed by atoms with Crippen molar-refractivity contribution in [1.82, 2.24) is 9.38 Å². The SMILES string of the molecule is Cc1ccn2cc(-c3ccc(C)c(NS(=O)(=O)Cc4ccc(F)cc4)c3)nc2c1. The van der Waals surface area contributed by atoms with Gasteiger partial charge in [0.25, 0.3) is 0 Å². The molecule has 0 spiro atoms. The molecule has 0 aliphatic carbocycles. The van der Waals surface area contributed by atoms with Gasteiger partial charge in [0.2, 0.25) is 10.0 Å². The first kappa shape index (κ1) is 19.1. The molecule has 0 aliphatic heterocycles. The van der Waals surface area contributed by atoms with E-state index in [0.29, 0.717) is 11.3 Å². The minimum Gasteiger partial charge on any atom is -0.306 e. The third kappa shape index (κ3) is 4.30. The highest BCUT2D eigenvalue weighted by Gasteiger charge is 2.15. The minimum absolute atomic E-state index is 0.232. The first-order valence-corrected chi connectivity index (χ1v) is 10.8. The quantitative estimate of drug-likeness (QED) is 0.520. The third-order valence-electron chi connectivity index (χ3n) is 4.68. The number of nitrogens with one attached hydrogen (secondary N) is 1. The lowest BCUT2D eigenvalue weighted by Gasteiger charge is -2.12. The van der Waals surface area contributed by atoms with Crippen LogP contribution < -0.4 is 4.72 Å². The summed E-state index contributed by atoms with van der Waals surface area (Å²) in [6.07, 6.45) is 3.86. The van der Waals surface area contributed by atoms with E-state index in [1.165, 1.54) is 24.3 Å². The maximum absolute atomic E-state index is 13.1. The van der Waals surface area contributed by atoms with E-state index >= 15 is 0 Å². The van der Waals surface area contributed by atoms with Crippen LogP contribution in [0.5, 0.6) is 0 Å². The Morgan fingerprint density at radius 2 is 1.79 bits per heavy atom. The molecule has 2 heterocycles. The molecule has 0 radical (unpaired) electrons. The Bertz CT molecular complexity index is 1300. The Kier molecular flexibility index (Phi) is 4.84. The van der Waals surface area contributed by atoms with Crippen molar-refractivity contribution in [3.8, 4) is 11.3 Å². The maximum atomic E-state index is 13.1. The van der Waals surface area contributed by atoms with Gasteiger partial charge < -0.3 is 4.40 Å². The molecule has 29 heavy (non-hydrogen) atoms. The number of anilines is 1. The molecular weight excluding hydrogens is 389 g/mol. The highest BCUT2D eigenvalue weighted by atomic mass is 32.2. The second-order valence-electron chi connectivity index (χ2n) is 7.11. The van der Waals surface area contributed by atoms with E-state index in [1.807, 2.05) is 54.9 Å². The standard InChI is InChI=1S/C22H20FN3O2S/c1-15-9-10-26-13-21(24-22(26)11-15)18-6-3-16(2)20(12-18)25-29(27,28)14-17-4-7-19(23)8-5-17/h3-13,25H,14H2,1-2H3. The van der Waals surface area contributed by atoms with Gasteiger partial charge in [-0.3, -0.25) is 4.72 Å². The average molecular weight is 409 g/mol. The van der Waals surface area contributed by atoms with Crippen molar-refractivity contribution in [2.45, 2.75) is 19.6 Å². The maximum Gasteiger partial charge on any atom is 0.236 e. The monoisotopic (exact) mass is 409 g/mol. The fraction of sp³-hybridized carbons (Fsp3) is 0.136. The fourth-order valence-electron chi connectivity index (χ4n) is 3.12. The molecule has 0 saturated heterocycles. The number of aromatic nitrogens is 2. The van der Waals surface area contributed by atoms with Crippen molar-refractivity contribution >= 4 is 21.4 Å².